The van der Waals surface area contributed by atoms with Gasteiger partial charge in [-0.1, -0.05) is 12.1 Å². The Kier molecular flexibility index (Phi) is 5.73. The molecule has 0 saturated carbocycles. The van der Waals surface area contributed by atoms with Crippen molar-refractivity contribution in [2.45, 2.75) is 11.3 Å². The molecule has 0 radical (unpaired) electrons. The molecule has 2 aromatic carbocycles. The molecule has 9 nitrogen and oxygen atoms in total. The highest BCUT2D eigenvalue weighted by molar-refractivity contribution is 7.89. The van der Waals surface area contributed by atoms with Gasteiger partial charge in [0.2, 0.25) is 10.0 Å². The second-order valence-corrected chi connectivity index (χ2v) is 10.1. The Morgan fingerprint density at radius 2 is 1.52 bits per heavy atom. The first-order chi connectivity index (χ1) is 15.9. The van der Waals surface area contributed by atoms with Gasteiger partial charge in [0.25, 0.3) is 5.91 Å². The summed E-state index contributed by atoms with van der Waals surface area (Å²) >= 11 is 0. The number of morpholine rings is 1. The lowest BCUT2D eigenvalue weighted by Gasteiger charge is -2.26. The fourth-order valence-corrected chi connectivity index (χ4v) is 5.56. The van der Waals surface area contributed by atoms with Gasteiger partial charge in [-0.2, -0.15) is 4.31 Å². The molecule has 0 atom stereocenters. The van der Waals surface area contributed by atoms with Crippen LogP contribution in [0.1, 0.15) is 16.8 Å². The standard InChI is InChI=1S/C23H25N5O4S/c1-26-11-4-12-28(22-21(26)24-19-5-2-3-6-20(19)25-22)23(29)17-7-9-18(10-8-17)33(30,31)27-13-15-32-16-14-27/h2-3,5-10H,4,11-16H2,1H3. The van der Waals surface area contributed by atoms with Crippen LogP contribution in [0.5, 0.6) is 0 Å². The van der Waals surface area contributed by atoms with Crippen molar-refractivity contribution in [2.24, 2.45) is 0 Å². The molecular weight excluding hydrogens is 442 g/mol. The molecule has 10 heteroatoms. The molecule has 0 N–H and O–H groups in total. The van der Waals surface area contributed by atoms with Gasteiger partial charge < -0.3 is 9.64 Å². The Morgan fingerprint density at radius 1 is 0.879 bits per heavy atom. The number of para-hydroxylation sites is 2. The fourth-order valence-electron chi connectivity index (χ4n) is 4.16. The number of carbonyl (C=O) groups is 1. The number of carbonyl (C=O) groups excluding carboxylic acids is 1. The van der Waals surface area contributed by atoms with E-state index in [1.54, 1.807) is 17.0 Å². The van der Waals surface area contributed by atoms with Crippen LogP contribution in [0.2, 0.25) is 0 Å². The molecule has 1 amide bonds. The third-order valence-electron chi connectivity index (χ3n) is 5.98. The molecule has 1 aromatic heterocycles. The third kappa shape index (κ3) is 4.05. The van der Waals surface area contributed by atoms with Crippen LogP contribution in [0.25, 0.3) is 11.0 Å². The minimum absolute atomic E-state index is 0.169. The number of benzene rings is 2. The Bertz CT molecular complexity index is 1290. The van der Waals surface area contributed by atoms with Gasteiger partial charge >= 0.3 is 0 Å². The molecule has 2 aliphatic heterocycles. The highest BCUT2D eigenvalue weighted by atomic mass is 32.2. The Balaban J connectivity index is 1.47. The molecule has 1 fully saturated rings. The summed E-state index contributed by atoms with van der Waals surface area (Å²) in [5, 5.41) is 0. The topological polar surface area (TPSA) is 95.9 Å². The maximum atomic E-state index is 13.5. The number of anilines is 2. The number of ether oxygens (including phenoxy) is 1. The number of aromatic nitrogens is 2. The maximum absolute atomic E-state index is 13.5. The lowest BCUT2D eigenvalue weighted by Crippen LogP contribution is -2.40. The first kappa shape index (κ1) is 21.7. The molecule has 3 aromatic rings. The zero-order chi connectivity index (χ0) is 23.0. The Morgan fingerprint density at radius 3 is 2.18 bits per heavy atom. The van der Waals surface area contributed by atoms with Crippen molar-refractivity contribution in [1.29, 1.82) is 0 Å². The van der Waals surface area contributed by atoms with Gasteiger partial charge in [-0.25, -0.2) is 18.4 Å². The highest BCUT2D eigenvalue weighted by Gasteiger charge is 2.29. The van der Waals surface area contributed by atoms with Gasteiger partial charge in [-0.3, -0.25) is 9.69 Å². The van der Waals surface area contributed by atoms with Gasteiger partial charge in [0.1, 0.15) is 0 Å². The van der Waals surface area contributed by atoms with Gasteiger partial charge in [0.05, 0.1) is 29.1 Å². The zero-order valence-electron chi connectivity index (χ0n) is 18.3. The Hall–Kier alpha value is -3.08. The van der Waals surface area contributed by atoms with Crippen LogP contribution < -0.4 is 9.80 Å². The van der Waals surface area contributed by atoms with E-state index in [0.717, 1.165) is 24.0 Å². The molecule has 0 spiro atoms. The predicted molar refractivity (Wildman–Crippen MR) is 125 cm³/mol. The third-order valence-corrected chi connectivity index (χ3v) is 7.89. The summed E-state index contributed by atoms with van der Waals surface area (Å²) < 4.78 is 32.4. The number of sulfonamides is 1. The van der Waals surface area contributed by atoms with Crippen LogP contribution in [-0.4, -0.2) is 75.0 Å². The monoisotopic (exact) mass is 467 g/mol. The minimum atomic E-state index is -3.62. The van der Waals surface area contributed by atoms with Crippen LogP contribution in [0, 0.1) is 0 Å². The lowest BCUT2D eigenvalue weighted by atomic mass is 10.2. The van der Waals surface area contributed by atoms with Gasteiger partial charge in [0, 0.05) is 38.8 Å². The normalized spacial score (nSPS) is 17.6. The van der Waals surface area contributed by atoms with E-state index >= 15 is 0 Å². The van der Waals surface area contributed by atoms with E-state index in [4.69, 9.17) is 14.7 Å². The van der Waals surface area contributed by atoms with E-state index in [0.29, 0.717) is 50.0 Å². The average Bonchev–Trinajstić information content (AvgIpc) is 3.01. The second-order valence-electron chi connectivity index (χ2n) is 8.13. The quantitative estimate of drug-likeness (QED) is 0.582. The number of nitrogens with zero attached hydrogens (tertiary/aromatic N) is 5. The van der Waals surface area contributed by atoms with E-state index in [1.807, 2.05) is 36.2 Å². The Labute approximate surface area is 192 Å². The van der Waals surface area contributed by atoms with Crippen molar-refractivity contribution >= 4 is 38.6 Å². The zero-order valence-corrected chi connectivity index (χ0v) is 19.2. The van der Waals surface area contributed by atoms with Crippen molar-refractivity contribution < 1.29 is 17.9 Å². The summed E-state index contributed by atoms with van der Waals surface area (Å²) in [6.07, 6.45) is 0.764. The molecule has 33 heavy (non-hydrogen) atoms. The number of rotatable bonds is 3. The molecule has 172 valence electrons. The van der Waals surface area contributed by atoms with Gasteiger partial charge in [-0.15, -0.1) is 0 Å². The summed E-state index contributed by atoms with van der Waals surface area (Å²) in [7, 11) is -1.67. The average molecular weight is 468 g/mol. The van der Waals surface area contributed by atoms with Crippen LogP contribution in [0.4, 0.5) is 11.6 Å². The van der Waals surface area contributed by atoms with Crippen LogP contribution in [0.15, 0.2) is 53.4 Å². The van der Waals surface area contributed by atoms with Crippen molar-refractivity contribution in [3.8, 4) is 0 Å². The largest absolute Gasteiger partial charge is 0.379 e. The molecule has 0 unspecified atom stereocenters. The van der Waals surface area contributed by atoms with E-state index in [-0.39, 0.29) is 10.8 Å². The molecule has 1 saturated heterocycles. The van der Waals surface area contributed by atoms with Crippen molar-refractivity contribution in [1.82, 2.24) is 14.3 Å². The predicted octanol–water partition coefficient (Wildman–Crippen LogP) is 2.14. The fraction of sp³-hybridized carbons (Fsp3) is 0.348. The van der Waals surface area contributed by atoms with E-state index < -0.39 is 10.0 Å². The number of hydrogen-bond donors (Lipinski definition) is 0. The van der Waals surface area contributed by atoms with E-state index in [1.165, 1.54) is 16.4 Å². The summed E-state index contributed by atoms with van der Waals surface area (Å²) in [5.74, 6) is 0.946. The van der Waals surface area contributed by atoms with E-state index in [9.17, 15) is 13.2 Å². The first-order valence-corrected chi connectivity index (χ1v) is 12.4. The molecule has 0 bridgehead atoms. The highest BCUT2D eigenvalue weighted by Crippen LogP contribution is 2.31. The summed E-state index contributed by atoms with van der Waals surface area (Å²) in [6, 6.07) is 13.7. The number of hydrogen-bond acceptors (Lipinski definition) is 7. The smallest absolute Gasteiger partial charge is 0.259 e. The van der Waals surface area contributed by atoms with Crippen LogP contribution >= 0.6 is 0 Å². The maximum Gasteiger partial charge on any atom is 0.259 e. The molecule has 2 aliphatic rings. The number of fused-ring (bicyclic) bond motifs is 2. The molecule has 0 aliphatic carbocycles. The lowest BCUT2D eigenvalue weighted by molar-refractivity contribution is 0.0730. The van der Waals surface area contributed by atoms with Crippen LogP contribution in [-0.2, 0) is 14.8 Å². The van der Waals surface area contributed by atoms with E-state index in [2.05, 4.69) is 0 Å². The number of amides is 1. The van der Waals surface area contributed by atoms with Crippen molar-refractivity contribution in [2.75, 3.05) is 56.2 Å². The summed E-state index contributed by atoms with van der Waals surface area (Å²) in [5.41, 5.74) is 1.90. The molecule has 5 rings (SSSR count). The first-order valence-electron chi connectivity index (χ1n) is 10.9. The van der Waals surface area contributed by atoms with Crippen molar-refractivity contribution in [3.63, 3.8) is 0 Å². The van der Waals surface area contributed by atoms with Gasteiger partial charge in [0.15, 0.2) is 11.6 Å². The minimum Gasteiger partial charge on any atom is -0.379 e. The second kappa shape index (κ2) is 8.69. The van der Waals surface area contributed by atoms with Crippen molar-refractivity contribution in [3.05, 3.63) is 54.1 Å². The van der Waals surface area contributed by atoms with Gasteiger partial charge in [-0.05, 0) is 42.8 Å². The summed E-state index contributed by atoms with van der Waals surface area (Å²) in [6.45, 7) is 2.67. The molecular formula is C23H25N5O4S. The van der Waals surface area contributed by atoms with Crippen LogP contribution in [0.3, 0.4) is 0 Å². The molecule has 3 heterocycles. The summed E-state index contributed by atoms with van der Waals surface area (Å²) in [4.78, 5) is 26.8. The SMILES string of the molecule is CN1CCCN(C(=O)c2ccc(S(=O)(=O)N3CCOCC3)cc2)c2nc3ccccc3nc21.